The van der Waals surface area contributed by atoms with Crippen molar-refractivity contribution in [1.29, 1.82) is 0 Å². The van der Waals surface area contributed by atoms with Gasteiger partial charge in [0.05, 0.1) is 33.0 Å². The lowest BCUT2D eigenvalue weighted by Crippen LogP contribution is -2.30. The van der Waals surface area contributed by atoms with E-state index in [2.05, 4.69) is 20.3 Å². The lowest BCUT2D eigenvalue weighted by Gasteiger charge is -2.13. The van der Waals surface area contributed by atoms with Crippen LogP contribution in [-0.4, -0.2) is 32.9 Å². The molecule has 0 aliphatic rings. The number of hydrogen-bond donors (Lipinski definition) is 1. The van der Waals surface area contributed by atoms with E-state index < -0.39 is 18.0 Å². The van der Waals surface area contributed by atoms with Gasteiger partial charge in [-0.05, 0) is 51.1 Å². The van der Waals surface area contributed by atoms with Gasteiger partial charge < -0.3 is 10.1 Å². The van der Waals surface area contributed by atoms with Crippen molar-refractivity contribution in [3.8, 4) is 0 Å². The summed E-state index contributed by atoms with van der Waals surface area (Å²) in [4.78, 5) is 37.4. The van der Waals surface area contributed by atoms with E-state index in [1.165, 1.54) is 13.1 Å². The minimum Gasteiger partial charge on any atom is -0.449 e. The van der Waals surface area contributed by atoms with Crippen LogP contribution in [0.1, 0.15) is 28.7 Å². The van der Waals surface area contributed by atoms with E-state index in [0.717, 1.165) is 11.4 Å². The fourth-order valence-electron chi connectivity index (χ4n) is 2.32. The van der Waals surface area contributed by atoms with E-state index in [1.54, 1.807) is 30.3 Å². The van der Waals surface area contributed by atoms with Crippen molar-refractivity contribution < 1.29 is 14.3 Å². The van der Waals surface area contributed by atoms with Crippen molar-refractivity contribution in [3.63, 3.8) is 0 Å². The number of amides is 1. The fourth-order valence-corrected chi connectivity index (χ4v) is 2.43. The molecule has 0 saturated heterocycles. The number of aryl methyl sites for hydroxylation is 2. The molecule has 1 N–H and O–H groups in total. The fraction of sp³-hybridized carbons (Fsp3) is 0.211. The lowest BCUT2D eigenvalue weighted by molar-refractivity contribution is -0.123. The number of halogens is 1. The number of rotatable bonds is 4. The van der Waals surface area contributed by atoms with E-state index in [1.807, 2.05) is 13.8 Å². The molecule has 0 unspecified atom stereocenters. The number of anilines is 1. The number of nitrogens with one attached hydrogen (secondary N) is 1. The average Bonchev–Trinajstić information content (AvgIpc) is 2.64. The van der Waals surface area contributed by atoms with Crippen molar-refractivity contribution >= 4 is 40.3 Å². The van der Waals surface area contributed by atoms with Crippen LogP contribution in [0.25, 0.3) is 11.0 Å². The lowest BCUT2D eigenvalue weighted by atomic mass is 10.2. The zero-order chi connectivity index (χ0) is 19.6. The van der Waals surface area contributed by atoms with Crippen LogP contribution in [0, 0.1) is 13.8 Å². The number of fused-ring (bicyclic) bond motifs is 1. The Hall–Kier alpha value is -3.06. The van der Waals surface area contributed by atoms with Gasteiger partial charge in [0.25, 0.3) is 5.91 Å². The molecule has 0 bridgehead atoms. The Labute approximate surface area is 160 Å². The van der Waals surface area contributed by atoms with Gasteiger partial charge in [-0.1, -0.05) is 11.6 Å². The molecule has 0 radical (unpaired) electrons. The maximum Gasteiger partial charge on any atom is 0.338 e. The molecule has 3 aromatic rings. The van der Waals surface area contributed by atoms with Gasteiger partial charge >= 0.3 is 5.97 Å². The number of pyridine rings is 1. The van der Waals surface area contributed by atoms with Crippen LogP contribution >= 0.6 is 11.6 Å². The molecule has 0 fully saturated rings. The number of esters is 1. The zero-order valence-corrected chi connectivity index (χ0v) is 15.7. The smallest absolute Gasteiger partial charge is 0.338 e. The maximum atomic E-state index is 12.4. The molecule has 138 valence electrons. The Balaban J connectivity index is 1.70. The molecule has 27 heavy (non-hydrogen) atoms. The topological polar surface area (TPSA) is 94.1 Å². The highest BCUT2D eigenvalue weighted by Crippen LogP contribution is 2.16. The van der Waals surface area contributed by atoms with Crippen LogP contribution in [0.3, 0.4) is 0 Å². The molecule has 3 rings (SSSR count). The molecule has 7 nitrogen and oxygen atoms in total. The first-order chi connectivity index (χ1) is 12.8. The molecule has 0 aliphatic heterocycles. The van der Waals surface area contributed by atoms with Crippen LogP contribution in [-0.2, 0) is 9.53 Å². The monoisotopic (exact) mass is 384 g/mol. The van der Waals surface area contributed by atoms with E-state index in [0.29, 0.717) is 27.4 Å². The van der Waals surface area contributed by atoms with Crippen molar-refractivity contribution in [2.24, 2.45) is 0 Å². The number of benzene rings is 1. The number of carbonyl (C=O) groups excluding carboxylic acids is 2. The van der Waals surface area contributed by atoms with Crippen LogP contribution in [0.2, 0.25) is 5.02 Å². The number of nitrogens with zero attached hydrogens (tertiary/aromatic N) is 3. The summed E-state index contributed by atoms with van der Waals surface area (Å²) in [7, 11) is 0. The minimum atomic E-state index is -1.00. The van der Waals surface area contributed by atoms with Gasteiger partial charge in [-0.2, -0.15) is 0 Å². The summed E-state index contributed by atoms with van der Waals surface area (Å²) in [5.74, 6) is -0.798. The van der Waals surface area contributed by atoms with Gasteiger partial charge in [0, 0.05) is 6.20 Å². The predicted octanol–water partition coefficient (Wildman–Crippen LogP) is 3.48. The van der Waals surface area contributed by atoms with Crippen molar-refractivity contribution in [3.05, 3.63) is 58.5 Å². The third-order valence-corrected chi connectivity index (χ3v) is 4.17. The SMILES string of the molecule is Cc1nc2ccc(C(=O)O[C@@H](C)C(=O)Nc3ccc(Cl)cn3)cc2nc1C. The molecule has 2 aromatic heterocycles. The number of carbonyl (C=O) groups is 2. The number of aromatic nitrogens is 3. The molecule has 0 spiro atoms. The van der Waals surface area contributed by atoms with Crippen molar-refractivity contribution in [2.75, 3.05) is 5.32 Å². The van der Waals surface area contributed by atoms with E-state index in [9.17, 15) is 9.59 Å². The summed E-state index contributed by atoms with van der Waals surface area (Å²) in [6, 6.07) is 8.05. The number of hydrogen-bond acceptors (Lipinski definition) is 6. The van der Waals surface area contributed by atoms with Gasteiger partial charge in [0.1, 0.15) is 5.82 Å². The molecule has 2 heterocycles. The first kappa shape index (κ1) is 18.7. The third kappa shape index (κ3) is 4.38. The molecule has 1 aromatic carbocycles. The summed E-state index contributed by atoms with van der Waals surface area (Å²) >= 11 is 5.75. The van der Waals surface area contributed by atoms with Gasteiger partial charge in [0.2, 0.25) is 0 Å². The molecule has 1 amide bonds. The zero-order valence-electron chi connectivity index (χ0n) is 15.0. The Morgan fingerprint density at radius 2 is 1.78 bits per heavy atom. The van der Waals surface area contributed by atoms with Crippen LogP contribution in [0.15, 0.2) is 36.5 Å². The van der Waals surface area contributed by atoms with Crippen molar-refractivity contribution in [1.82, 2.24) is 15.0 Å². The summed E-state index contributed by atoms with van der Waals surface area (Å²) in [6.07, 6.45) is 0.407. The largest absolute Gasteiger partial charge is 0.449 e. The molecular weight excluding hydrogens is 368 g/mol. The molecule has 0 aliphatic carbocycles. The average molecular weight is 385 g/mol. The Kier molecular flexibility index (Phi) is 5.32. The standard InChI is InChI=1S/C19H17ClN4O3/c1-10-11(2)23-16-8-13(4-6-15(16)22-10)19(26)27-12(3)18(25)24-17-7-5-14(20)9-21-17/h4-9,12H,1-3H3,(H,21,24,25)/t12-/m0/s1. The summed E-state index contributed by atoms with van der Waals surface area (Å²) in [5.41, 5.74) is 3.20. The first-order valence-corrected chi connectivity index (χ1v) is 8.59. The maximum absolute atomic E-state index is 12.4. The van der Waals surface area contributed by atoms with Gasteiger partial charge in [-0.3, -0.25) is 4.79 Å². The van der Waals surface area contributed by atoms with Crippen LogP contribution in [0.4, 0.5) is 5.82 Å². The Morgan fingerprint density at radius 1 is 1.07 bits per heavy atom. The normalized spacial score (nSPS) is 11.9. The number of ether oxygens (including phenoxy) is 1. The van der Waals surface area contributed by atoms with Gasteiger partial charge in [0.15, 0.2) is 6.10 Å². The summed E-state index contributed by atoms with van der Waals surface area (Å²) < 4.78 is 5.24. The second-order valence-electron chi connectivity index (χ2n) is 6.00. The predicted molar refractivity (Wildman–Crippen MR) is 102 cm³/mol. The summed E-state index contributed by atoms with van der Waals surface area (Å²) in [5, 5.41) is 3.02. The molecule has 0 saturated carbocycles. The summed E-state index contributed by atoms with van der Waals surface area (Å²) in [6.45, 7) is 5.21. The van der Waals surface area contributed by atoms with Gasteiger partial charge in [-0.25, -0.2) is 19.7 Å². The highest BCUT2D eigenvalue weighted by atomic mass is 35.5. The Morgan fingerprint density at radius 3 is 2.44 bits per heavy atom. The second kappa shape index (κ2) is 7.67. The molecular formula is C19H17ClN4O3. The van der Waals surface area contributed by atoms with Gasteiger partial charge in [-0.15, -0.1) is 0 Å². The van der Waals surface area contributed by atoms with E-state index in [-0.39, 0.29) is 0 Å². The van der Waals surface area contributed by atoms with Crippen LogP contribution < -0.4 is 5.32 Å². The first-order valence-electron chi connectivity index (χ1n) is 8.22. The van der Waals surface area contributed by atoms with Crippen LogP contribution in [0.5, 0.6) is 0 Å². The minimum absolute atomic E-state index is 0.296. The highest BCUT2D eigenvalue weighted by molar-refractivity contribution is 6.30. The highest BCUT2D eigenvalue weighted by Gasteiger charge is 2.20. The van der Waals surface area contributed by atoms with E-state index in [4.69, 9.17) is 16.3 Å². The second-order valence-corrected chi connectivity index (χ2v) is 6.43. The quantitative estimate of drug-likeness (QED) is 0.692. The van der Waals surface area contributed by atoms with Crippen molar-refractivity contribution in [2.45, 2.75) is 26.9 Å². The molecule has 1 atom stereocenters. The Bertz CT molecular complexity index is 1020. The third-order valence-electron chi connectivity index (χ3n) is 3.94. The van der Waals surface area contributed by atoms with E-state index >= 15 is 0 Å². The molecule has 8 heteroatoms.